The SMILES string of the molecule is COc1cc(-c2nnc(SC(C(N)=O)C(C)C)o2)cc(OC)c1OC. The van der Waals surface area contributed by atoms with E-state index in [1.165, 1.54) is 21.3 Å². The number of benzene rings is 1. The van der Waals surface area contributed by atoms with Crippen molar-refractivity contribution in [2.24, 2.45) is 11.7 Å². The molecular weight excluding hydrogens is 346 g/mol. The van der Waals surface area contributed by atoms with Crippen molar-refractivity contribution in [1.29, 1.82) is 0 Å². The number of amides is 1. The maximum Gasteiger partial charge on any atom is 0.277 e. The third kappa shape index (κ3) is 4.16. The van der Waals surface area contributed by atoms with Gasteiger partial charge in [0.25, 0.3) is 5.22 Å². The first-order chi connectivity index (χ1) is 11.9. The number of carbonyl (C=O) groups is 1. The summed E-state index contributed by atoms with van der Waals surface area (Å²) >= 11 is 1.15. The summed E-state index contributed by atoms with van der Waals surface area (Å²) < 4.78 is 21.6. The summed E-state index contributed by atoms with van der Waals surface area (Å²) in [7, 11) is 4.57. The van der Waals surface area contributed by atoms with Crippen molar-refractivity contribution in [2.45, 2.75) is 24.3 Å². The molecule has 25 heavy (non-hydrogen) atoms. The van der Waals surface area contributed by atoms with Gasteiger partial charge in [0.1, 0.15) is 0 Å². The average Bonchev–Trinajstić information content (AvgIpc) is 3.06. The largest absolute Gasteiger partial charge is 0.493 e. The first-order valence-corrected chi connectivity index (χ1v) is 8.39. The minimum Gasteiger partial charge on any atom is -0.493 e. The fourth-order valence-electron chi connectivity index (χ4n) is 2.21. The first-order valence-electron chi connectivity index (χ1n) is 7.51. The molecule has 0 radical (unpaired) electrons. The van der Waals surface area contributed by atoms with Gasteiger partial charge < -0.3 is 24.4 Å². The molecule has 2 rings (SSSR count). The smallest absolute Gasteiger partial charge is 0.277 e. The Morgan fingerprint density at radius 1 is 1.12 bits per heavy atom. The van der Waals surface area contributed by atoms with Crippen LogP contribution in [0.5, 0.6) is 17.2 Å². The number of aromatic nitrogens is 2. The highest BCUT2D eigenvalue weighted by Crippen LogP contribution is 2.41. The van der Waals surface area contributed by atoms with E-state index in [9.17, 15) is 4.79 Å². The zero-order valence-electron chi connectivity index (χ0n) is 14.7. The van der Waals surface area contributed by atoms with E-state index >= 15 is 0 Å². The molecule has 2 aromatic rings. The van der Waals surface area contributed by atoms with Gasteiger partial charge in [-0.05, 0) is 18.1 Å². The molecule has 0 aliphatic rings. The van der Waals surface area contributed by atoms with Gasteiger partial charge in [0.2, 0.25) is 17.5 Å². The summed E-state index contributed by atoms with van der Waals surface area (Å²) in [6.07, 6.45) is 0. The lowest BCUT2D eigenvalue weighted by molar-refractivity contribution is -0.118. The summed E-state index contributed by atoms with van der Waals surface area (Å²) in [6, 6.07) is 3.41. The molecule has 0 aliphatic heterocycles. The van der Waals surface area contributed by atoms with Crippen molar-refractivity contribution in [3.63, 3.8) is 0 Å². The number of nitrogens with two attached hydrogens (primary N) is 1. The standard InChI is InChI=1S/C16H21N3O5S/c1-8(2)13(14(17)20)25-16-19-18-15(24-16)9-6-10(21-3)12(23-5)11(7-9)22-4/h6-8,13H,1-5H3,(H2,17,20). The summed E-state index contributed by atoms with van der Waals surface area (Å²) in [4.78, 5) is 11.5. The lowest BCUT2D eigenvalue weighted by Crippen LogP contribution is -2.30. The van der Waals surface area contributed by atoms with Crippen LogP contribution in [0, 0.1) is 5.92 Å². The second-order valence-electron chi connectivity index (χ2n) is 5.47. The first kappa shape index (κ1) is 18.9. The molecule has 0 saturated carbocycles. The lowest BCUT2D eigenvalue weighted by atomic mass is 10.1. The number of nitrogens with zero attached hydrogens (tertiary/aromatic N) is 2. The molecule has 0 bridgehead atoms. The highest BCUT2D eigenvalue weighted by molar-refractivity contribution is 8.00. The lowest BCUT2D eigenvalue weighted by Gasteiger charge is -2.13. The topological polar surface area (TPSA) is 110 Å². The van der Waals surface area contributed by atoms with Gasteiger partial charge >= 0.3 is 0 Å². The Labute approximate surface area is 150 Å². The third-order valence-electron chi connectivity index (χ3n) is 3.43. The molecule has 0 saturated heterocycles. The van der Waals surface area contributed by atoms with Crippen LogP contribution in [-0.2, 0) is 4.79 Å². The minimum atomic E-state index is -0.451. The molecule has 8 nitrogen and oxygen atoms in total. The van der Waals surface area contributed by atoms with Gasteiger partial charge in [-0.25, -0.2) is 0 Å². The normalized spacial score (nSPS) is 12.1. The Balaban J connectivity index is 2.34. The van der Waals surface area contributed by atoms with Crippen LogP contribution < -0.4 is 19.9 Å². The highest BCUT2D eigenvalue weighted by atomic mass is 32.2. The van der Waals surface area contributed by atoms with Gasteiger partial charge in [-0.15, -0.1) is 10.2 Å². The zero-order chi connectivity index (χ0) is 18.6. The van der Waals surface area contributed by atoms with E-state index in [0.29, 0.717) is 22.8 Å². The van der Waals surface area contributed by atoms with E-state index in [1.807, 2.05) is 13.8 Å². The Morgan fingerprint density at radius 2 is 1.72 bits per heavy atom. The maximum atomic E-state index is 11.5. The Hall–Kier alpha value is -2.42. The number of methoxy groups -OCH3 is 3. The van der Waals surface area contributed by atoms with Gasteiger partial charge in [0, 0.05) is 5.56 Å². The molecule has 2 N–H and O–H groups in total. The quantitative estimate of drug-likeness (QED) is 0.708. The second-order valence-corrected chi connectivity index (χ2v) is 6.56. The average molecular weight is 367 g/mol. The summed E-state index contributed by atoms with van der Waals surface area (Å²) in [5.41, 5.74) is 6.02. The van der Waals surface area contributed by atoms with Gasteiger partial charge in [-0.2, -0.15) is 0 Å². The molecule has 1 aromatic heterocycles. The molecule has 9 heteroatoms. The van der Waals surface area contributed by atoms with Crippen LogP contribution in [0.2, 0.25) is 0 Å². The van der Waals surface area contributed by atoms with Crippen molar-refractivity contribution in [2.75, 3.05) is 21.3 Å². The van der Waals surface area contributed by atoms with Crippen LogP contribution in [-0.4, -0.2) is 42.7 Å². The van der Waals surface area contributed by atoms with Crippen molar-refractivity contribution < 1.29 is 23.4 Å². The van der Waals surface area contributed by atoms with Crippen LogP contribution in [0.1, 0.15) is 13.8 Å². The molecular formula is C16H21N3O5S. The Morgan fingerprint density at radius 3 is 2.16 bits per heavy atom. The predicted molar refractivity (Wildman–Crippen MR) is 93.1 cm³/mol. The summed E-state index contributed by atoms with van der Waals surface area (Å²) in [6.45, 7) is 3.80. The number of thioether (sulfide) groups is 1. The van der Waals surface area contributed by atoms with Gasteiger partial charge in [-0.3, -0.25) is 4.79 Å². The summed E-state index contributed by atoms with van der Waals surface area (Å²) in [5.74, 6) is 1.31. The van der Waals surface area contributed by atoms with E-state index in [0.717, 1.165) is 11.8 Å². The third-order valence-corrected chi connectivity index (χ3v) is 4.83. The fourth-order valence-corrected chi connectivity index (χ4v) is 3.03. The van der Waals surface area contributed by atoms with Crippen molar-refractivity contribution >= 4 is 17.7 Å². The molecule has 1 amide bonds. The number of hydrogen-bond acceptors (Lipinski definition) is 8. The predicted octanol–water partition coefficient (Wildman–Crippen LogP) is 2.36. The van der Waals surface area contributed by atoms with E-state index in [2.05, 4.69) is 10.2 Å². The monoisotopic (exact) mass is 367 g/mol. The Kier molecular flexibility index (Phi) is 6.13. The molecule has 1 heterocycles. The van der Waals surface area contributed by atoms with E-state index in [1.54, 1.807) is 12.1 Å². The van der Waals surface area contributed by atoms with E-state index in [4.69, 9.17) is 24.4 Å². The molecule has 0 spiro atoms. The molecule has 0 aliphatic carbocycles. The van der Waals surface area contributed by atoms with Gasteiger partial charge in [-0.1, -0.05) is 25.6 Å². The summed E-state index contributed by atoms with van der Waals surface area (Å²) in [5, 5.41) is 7.81. The molecule has 136 valence electrons. The number of primary amides is 1. The van der Waals surface area contributed by atoms with Crippen LogP contribution in [0.25, 0.3) is 11.5 Å². The minimum absolute atomic E-state index is 0.0408. The van der Waals surface area contributed by atoms with E-state index < -0.39 is 11.2 Å². The Bertz CT molecular complexity index is 722. The van der Waals surface area contributed by atoms with Crippen LogP contribution in [0.15, 0.2) is 21.8 Å². The number of ether oxygens (including phenoxy) is 3. The number of rotatable bonds is 8. The van der Waals surface area contributed by atoms with Crippen molar-refractivity contribution in [3.05, 3.63) is 12.1 Å². The zero-order valence-corrected chi connectivity index (χ0v) is 15.5. The van der Waals surface area contributed by atoms with Crippen molar-refractivity contribution in [1.82, 2.24) is 10.2 Å². The number of hydrogen-bond donors (Lipinski definition) is 1. The van der Waals surface area contributed by atoms with Crippen molar-refractivity contribution in [3.8, 4) is 28.7 Å². The molecule has 1 aromatic carbocycles. The number of carbonyl (C=O) groups excluding carboxylic acids is 1. The second kappa shape index (κ2) is 8.11. The molecule has 1 atom stereocenters. The highest BCUT2D eigenvalue weighted by Gasteiger charge is 2.24. The molecule has 0 fully saturated rings. The van der Waals surface area contributed by atoms with Gasteiger partial charge in [0.15, 0.2) is 11.5 Å². The van der Waals surface area contributed by atoms with Crippen LogP contribution in [0.4, 0.5) is 0 Å². The van der Waals surface area contributed by atoms with E-state index in [-0.39, 0.29) is 17.0 Å². The van der Waals surface area contributed by atoms with Gasteiger partial charge in [0.05, 0.1) is 26.6 Å². The maximum absolute atomic E-state index is 11.5. The molecule has 1 unspecified atom stereocenters. The fraction of sp³-hybridized carbons (Fsp3) is 0.438. The van der Waals surface area contributed by atoms with Crippen LogP contribution in [0.3, 0.4) is 0 Å². The van der Waals surface area contributed by atoms with Crippen LogP contribution >= 0.6 is 11.8 Å².